The predicted octanol–water partition coefficient (Wildman–Crippen LogP) is 4.04. The van der Waals surface area contributed by atoms with Crippen LogP contribution in [0.2, 0.25) is 5.02 Å². The van der Waals surface area contributed by atoms with E-state index < -0.39 is 5.91 Å². The van der Waals surface area contributed by atoms with Crippen molar-refractivity contribution in [1.82, 2.24) is 10.6 Å². The Labute approximate surface area is 164 Å². The molecule has 5 nitrogen and oxygen atoms in total. The number of rotatable bonds is 8. The summed E-state index contributed by atoms with van der Waals surface area (Å²) in [5.74, 6) is -0.0556. The number of benzene rings is 2. The molecule has 2 amide bonds. The monoisotopic (exact) mass is 386 g/mol. The summed E-state index contributed by atoms with van der Waals surface area (Å²) >= 11 is 5.88. The van der Waals surface area contributed by atoms with Crippen LogP contribution in [-0.4, -0.2) is 25.5 Å². The molecule has 27 heavy (non-hydrogen) atoms. The van der Waals surface area contributed by atoms with E-state index in [4.69, 9.17) is 16.3 Å². The zero-order valence-corrected chi connectivity index (χ0v) is 16.2. The summed E-state index contributed by atoms with van der Waals surface area (Å²) in [6.07, 6.45) is 3.63. The third-order valence-electron chi connectivity index (χ3n) is 3.78. The molecule has 142 valence electrons. The third-order valence-corrected chi connectivity index (χ3v) is 4.04. The summed E-state index contributed by atoms with van der Waals surface area (Å²) in [7, 11) is 1.51. The molecule has 2 N–H and O–H groups in total. The fourth-order valence-electron chi connectivity index (χ4n) is 2.25. The fourth-order valence-corrected chi connectivity index (χ4v) is 2.38. The second-order valence-corrected chi connectivity index (χ2v) is 6.31. The summed E-state index contributed by atoms with van der Waals surface area (Å²) in [6.45, 7) is 2.74. The maximum atomic E-state index is 12.5. The first-order valence-electron chi connectivity index (χ1n) is 8.77. The number of carbonyl (C=O) groups is 2. The lowest BCUT2D eigenvalue weighted by atomic mass is 10.1. The topological polar surface area (TPSA) is 67.4 Å². The van der Waals surface area contributed by atoms with E-state index in [0.29, 0.717) is 22.9 Å². The van der Waals surface area contributed by atoms with Gasteiger partial charge in [-0.2, -0.15) is 0 Å². The lowest BCUT2D eigenvalue weighted by Crippen LogP contribution is -2.33. The number of amides is 2. The van der Waals surface area contributed by atoms with Crippen molar-refractivity contribution in [1.29, 1.82) is 0 Å². The maximum absolute atomic E-state index is 12.5. The van der Waals surface area contributed by atoms with Crippen molar-refractivity contribution in [3.8, 4) is 5.75 Å². The molecule has 0 aliphatic carbocycles. The molecule has 0 spiro atoms. The van der Waals surface area contributed by atoms with E-state index in [0.717, 1.165) is 18.4 Å². The summed E-state index contributed by atoms with van der Waals surface area (Å²) < 4.78 is 5.59. The van der Waals surface area contributed by atoms with E-state index >= 15 is 0 Å². The summed E-state index contributed by atoms with van der Waals surface area (Å²) in [6, 6.07) is 13.8. The number of hydrogen-bond donors (Lipinski definition) is 2. The number of unbranched alkanes of at least 4 members (excludes halogenated alkanes) is 1. The molecular formula is C21H23ClN2O3. The third kappa shape index (κ3) is 6.46. The molecule has 0 aliphatic rings. The molecule has 0 unspecified atom stereocenters. The van der Waals surface area contributed by atoms with E-state index in [1.54, 1.807) is 54.6 Å². The zero-order chi connectivity index (χ0) is 19.6. The fraction of sp³-hybridized carbons (Fsp3) is 0.238. The van der Waals surface area contributed by atoms with Crippen molar-refractivity contribution < 1.29 is 14.3 Å². The van der Waals surface area contributed by atoms with Crippen LogP contribution in [0.4, 0.5) is 0 Å². The van der Waals surface area contributed by atoms with Crippen LogP contribution in [0.25, 0.3) is 6.08 Å². The van der Waals surface area contributed by atoms with Gasteiger partial charge in [-0.25, -0.2) is 0 Å². The van der Waals surface area contributed by atoms with Crippen LogP contribution in [-0.2, 0) is 4.79 Å². The Balaban J connectivity index is 2.11. The largest absolute Gasteiger partial charge is 0.494 e. The highest BCUT2D eigenvalue weighted by atomic mass is 35.5. The Bertz CT molecular complexity index is 799. The van der Waals surface area contributed by atoms with Crippen LogP contribution in [0.5, 0.6) is 5.75 Å². The normalized spacial score (nSPS) is 11.0. The Morgan fingerprint density at radius 3 is 2.33 bits per heavy atom. The standard InChI is InChI=1S/C21H23ClN2O3/c1-3-4-13-27-18-11-7-16(8-12-18)20(25)24-19(21(26)23-2)14-15-5-9-17(22)10-6-15/h5-12,14H,3-4,13H2,1-2H3,(H,23,26)(H,24,25). The van der Waals surface area contributed by atoms with E-state index in [-0.39, 0.29) is 11.6 Å². The zero-order valence-electron chi connectivity index (χ0n) is 15.4. The highest BCUT2D eigenvalue weighted by molar-refractivity contribution is 6.30. The number of nitrogens with one attached hydrogen (secondary N) is 2. The lowest BCUT2D eigenvalue weighted by molar-refractivity contribution is -0.117. The quantitative estimate of drug-likeness (QED) is 0.531. The summed E-state index contributed by atoms with van der Waals surface area (Å²) in [4.78, 5) is 24.6. The lowest BCUT2D eigenvalue weighted by Gasteiger charge is -2.10. The van der Waals surface area contributed by atoms with Crippen LogP contribution in [0, 0.1) is 0 Å². The molecule has 0 aliphatic heterocycles. The number of hydrogen-bond acceptors (Lipinski definition) is 3. The predicted molar refractivity (Wildman–Crippen MR) is 108 cm³/mol. The molecular weight excluding hydrogens is 364 g/mol. The Morgan fingerprint density at radius 2 is 1.74 bits per heavy atom. The van der Waals surface area contributed by atoms with E-state index in [1.165, 1.54) is 7.05 Å². The minimum Gasteiger partial charge on any atom is -0.494 e. The van der Waals surface area contributed by atoms with Gasteiger partial charge in [0.05, 0.1) is 6.61 Å². The molecule has 0 heterocycles. The van der Waals surface area contributed by atoms with Crippen molar-refractivity contribution in [3.63, 3.8) is 0 Å². The van der Waals surface area contributed by atoms with Gasteiger partial charge in [0.25, 0.3) is 11.8 Å². The van der Waals surface area contributed by atoms with Gasteiger partial charge < -0.3 is 15.4 Å². The number of likely N-dealkylation sites (N-methyl/N-ethyl adjacent to an activating group) is 1. The summed E-state index contributed by atoms with van der Waals surface area (Å²) in [5, 5.41) is 5.77. The minimum absolute atomic E-state index is 0.146. The molecule has 2 aromatic carbocycles. The van der Waals surface area contributed by atoms with E-state index in [2.05, 4.69) is 17.6 Å². The molecule has 0 atom stereocenters. The molecule has 6 heteroatoms. The molecule has 0 aromatic heterocycles. The van der Waals surface area contributed by atoms with Crippen LogP contribution < -0.4 is 15.4 Å². The molecule has 0 saturated carbocycles. The highest BCUT2D eigenvalue weighted by Crippen LogP contribution is 2.15. The SMILES string of the molecule is CCCCOc1ccc(C(=O)NC(=Cc2ccc(Cl)cc2)C(=O)NC)cc1. The first-order valence-corrected chi connectivity index (χ1v) is 9.15. The number of ether oxygens (including phenoxy) is 1. The van der Waals surface area contributed by atoms with Crippen LogP contribution >= 0.6 is 11.6 Å². The Kier molecular flexibility index (Phi) is 7.89. The van der Waals surface area contributed by atoms with Gasteiger partial charge in [0.15, 0.2) is 0 Å². The van der Waals surface area contributed by atoms with Crippen molar-refractivity contribution >= 4 is 29.5 Å². The van der Waals surface area contributed by atoms with Crippen molar-refractivity contribution in [2.24, 2.45) is 0 Å². The van der Waals surface area contributed by atoms with Crippen molar-refractivity contribution in [2.45, 2.75) is 19.8 Å². The van der Waals surface area contributed by atoms with Crippen LogP contribution in [0.15, 0.2) is 54.2 Å². The van der Waals surface area contributed by atoms with Gasteiger partial charge >= 0.3 is 0 Å². The average Bonchev–Trinajstić information content (AvgIpc) is 2.69. The van der Waals surface area contributed by atoms with E-state index in [9.17, 15) is 9.59 Å². The van der Waals surface area contributed by atoms with Crippen molar-refractivity contribution in [2.75, 3.05) is 13.7 Å². The molecule has 2 aromatic rings. The molecule has 2 rings (SSSR count). The number of halogens is 1. The molecule has 0 bridgehead atoms. The van der Waals surface area contributed by atoms with Gasteiger partial charge in [-0.05, 0) is 54.5 Å². The van der Waals surface area contributed by atoms with Gasteiger partial charge in [-0.3, -0.25) is 9.59 Å². The summed E-state index contributed by atoms with van der Waals surface area (Å²) in [5.41, 5.74) is 1.33. The highest BCUT2D eigenvalue weighted by Gasteiger charge is 2.13. The second kappa shape index (κ2) is 10.4. The van der Waals surface area contributed by atoms with Gasteiger partial charge in [-0.1, -0.05) is 37.1 Å². The average molecular weight is 387 g/mol. The van der Waals surface area contributed by atoms with E-state index in [1.807, 2.05) is 0 Å². The first kappa shape index (κ1) is 20.5. The Hall–Kier alpha value is -2.79. The maximum Gasteiger partial charge on any atom is 0.267 e. The molecule has 0 saturated heterocycles. The second-order valence-electron chi connectivity index (χ2n) is 5.87. The van der Waals surface area contributed by atoms with Crippen molar-refractivity contribution in [3.05, 3.63) is 70.4 Å². The molecule has 0 radical (unpaired) electrons. The van der Waals surface area contributed by atoms with Gasteiger partial charge in [0.1, 0.15) is 11.4 Å². The minimum atomic E-state index is -0.391. The van der Waals surface area contributed by atoms with Gasteiger partial charge in [0.2, 0.25) is 0 Å². The number of carbonyl (C=O) groups excluding carboxylic acids is 2. The van der Waals surface area contributed by atoms with Crippen LogP contribution in [0.3, 0.4) is 0 Å². The van der Waals surface area contributed by atoms with Crippen LogP contribution in [0.1, 0.15) is 35.7 Å². The Morgan fingerprint density at radius 1 is 1.07 bits per heavy atom. The van der Waals surface area contributed by atoms with Gasteiger partial charge in [0, 0.05) is 17.6 Å². The first-order chi connectivity index (χ1) is 13.0. The van der Waals surface area contributed by atoms with Gasteiger partial charge in [-0.15, -0.1) is 0 Å². The molecule has 0 fully saturated rings. The smallest absolute Gasteiger partial charge is 0.267 e.